The van der Waals surface area contributed by atoms with Crippen molar-refractivity contribution >= 4 is 22.5 Å². The summed E-state index contributed by atoms with van der Waals surface area (Å²) in [5.41, 5.74) is 9.15. The quantitative estimate of drug-likeness (QED) is 0.323. The first-order valence-electron chi connectivity index (χ1n) is 10.5. The average molecular weight is 458 g/mol. The summed E-state index contributed by atoms with van der Waals surface area (Å²) < 4.78 is 34.9. The molecule has 0 aliphatic rings. The molecule has 0 bridgehead atoms. The number of aryl methyl sites for hydroxylation is 2. The number of hydrogen-bond donors (Lipinski definition) is 2. The number of anilines is 1. The molecule has 0 aliphatic carbocycles. The minimum absolute atomic E-state index is 0.123. The number of benzene rings is 3. The first kappa shape index (κ1) is 21.4. The number of aromatic nitrogens is 3. The van der Waals surface area contributed by atoms with Gasteiger partial charge in [-0.3, -0.25) is 4.79 Å². The third-order valence-corrected chi connectivity index (χ3v) is 5.66. The van der Waals surface area contributed by atoms with Crippen molar-refractivity contribution in [2.45, 2.75) is 13.8 Å². The van der Waals surface area contributed by atoms with E-state index in [1.165, 1.54) is 23.0 Å². The predicted octanol–water partition coefficient (Wildman–Crippen LogP) is 5.85. The Morgan fingerprint density at radius 2 is 1.76 bits per heavy atom. The van der Waals surface area contributed by atoms with Crippen LogP contribution in [0.2, 0.25) is 0 Å². The van der Waals surface area contributed by atoms with E-state index >= 15 is 0 Å². The molecule has 2 aromatic heterocycles. The van der Waals surface area contributed by atoms with Crippen molar-refractivity contribution in [1.82, 2.24) is 14.8 Å². The maximum absolute atomic E-state index is 13.9. The number of rotatable bonds is 5. The standard InChI is InChI=1S/C26H20F2N4O2/c1-14-9-16-11-22(31-21(16)12-20(14)28)25(33)18-13-30-32(26(18)29)17-7-8-23(15(2)10-17)34-24-6-4-3-5-19(24)27/h3-13,31H,29H2,1-2H3. The molecule has 0 saturated carbocycles. The molecule has 0 unspecified atom stereocenters. The van der Waals surface area contributed by atoms with Crippen LogP contribution in [0.1, 0.15) is 27.2 Å². The zero-order valence-corrected chi connectivity index (χ0v) is 18.4. The lowest BCUT2D eigenvalue weighted by Gasteiger charge is -2.12. The first-order chi connectivity index (χ1) is 16.3. The van der Waals surface area contributed by atoms with Crippen molar-refractivity contribution in [3.8, 4) is 17.2 Å². The Labute approximate surface area is 193 Å². The number of H-pyrrole nitrogens is 1. The van der Waals surface area contributed by atoms with Gasteiger partial charge in [0.2, 0.25) is 5.78 Å². The second-order valence-corrected chi connectivity index (χ2v) is 8.04. The Morgan fingerprint density at radius 3 is 2.53 bits per heavy atom. The predicted molar refractivity (Wildman–Crippen MR) is 126 cm³/mol. The summed E-state index contributed by atoms with van der Waals surface area (Å²) in [6, 6.07) is 16.0. The van der Waals surface area contributed by atoms with E-state index in [9.17, 15) is 13.6 Å². The number of nitrogen functional groups attached to an aromatic ring is 1. The van der Waals surface area contributed by atoms with Crippen molar-refractivity contribution in [1.29, 1.82) is 0 Å². The SMILES string of the molecule is Cc1cc2cc(C(=O)c3cnn(-c4ccc(Oc5ccccc5F)c(C)c4)c3N)[nH]c2cc1F. The van der Waals surface area contributed by atoms with Gasteiger partial charge in [0.05, 0.1) is 23.1 Å². The maximum Gasteiger partial charge on any atom is 0.214 e. The molecular weight excluding hydrogens is 438 g/mol. The molecule has 2 heterocycles. The molecule has 170 valence electrons. The van der Waals surface area contributed by atoms with Gasteiger partial charge in [0.15, 0.2) is 11.6 Å². The fourth-order valence-electron chi connectivity index (χ4n) is 3.80. The average Bonchev–Trinajstić information content (AvgIpc) is 3.39. The second kappa shape index (κ2) is 8.15. The maximum atomic E-state index is 13.9. The van der Waals surface area contributed by atoms with Crippen LogP contribution in [0, 0.1) is 25.5 Å². The number of carbonyl (C=O) groups excluding carboxylic acids is 1. The Bertz CT molecular complexity index is 1530. The van der Waals surface area contributed by atoms with Crippen molar-refractivity contribution in [3.63, 3.8) is 0 Å². The Balaban J connectivity index is 1.44. The molecule has 0 atom stereocenters. The first-order valence-corrected chi connectivity index (χ1v) is 10.5. The van der Waals surface area contributed by atoms with Gasteiger partial charge in [-0.1, -0.05) is 12.1 Å². The summed E-state index contributed by atoms with van der Waals surface area (Å²) in [4.78, 5) is 16.0. The molecule has 3 N–H and O–H groups in total. The summed E-state index contributed by atoms with van der Waals surface area (Å²) in [5.74, 6) is -0.393. The fourth-order valence-corrected chi connectivity index (χ4v) is 3.80. The van der Waals surface area contributed by atoms with E-state index in [4.69, 9.17) is 10.5 Å². The van der Waals surface area contributed by atoms with Crippen molar-refractivity contribution in [2.24, 2.45) is 0 Å². The van der Waals surface area contributed by atoms with Gasteiger partial charge in [-0.2, -0.15) is 5.10 Å². The van der Waals surface area contributed by atoms with E-state index in [0.717, 1.165) is 10.9 Å². The van der Waals surface area contributed by atoms with Gasteiger partial charge >= 0.3 is 0 Å². The zero-order valence-electron chi connectivity index (χ0n) is 18.4. The van der Waals surface area contributed by atoms with Gasteiger partial charge in [-0.25, -0.2) is 13.5 Å². The van der Waals surface area contributed by atoms with Gasteiger partial charge in [0.25, 0.3) is 0 Å². The van der Waals surface area contributed by atoms with Crippen molar-refractivity contribution in [2.75, 3.05) is 5.73 Å². The molecule has 5 rings (SSSR count). The lowest BCUT2D eigenvalue weighted by molar-refractivity contribution is 0.103. The van der Waals surface area contributed by atoms with Gasteiger partial charge < -0.3 is 15.5 Å². The highest BCUT2D eigenvalue weighted by Crippen LogP contribution is 2.30. The summed E-state index contributed by atoms with van der Waals surface area (Å²) in [6.07, 6.45) is 1.40. The minimum atomic E-state index is -0.458. The van der Waals surface area contributed by atoms with Crippen LogP contribution in [-0.4, -0.2) is 20.5 Å². The number of nitrogens with two attached hydrogens (primary N) is 1. The Hall–Kier alpha value is -4.46. The highest BCUT2D eigenvalue weighted by Gasteiger charge is 2.20. The molecule has 8 heteroatoms. The number of aromatic amines is 1. The van der Waals surface area contributed by atoms with E-state index < -0.39 is 5.82 Å². The highest BCUT2D eigenvalue weighted by molar-refractivity contribution is 6.12. The smallest absolute Gasteiger partial charge is 0.214 e. The summed E-state index contributed by atoms with van der Waals surface area (Å²) in [7, 11) is 0. The third-order valence-electron chi connectivity index (χ3n) is 5.66. The number of carbonyl (C=O) groups is 1. The summed E-state index contributed by atoms with van der Waals surface area (Å²) in [6.45, 7) is 3.48. The summed E-state index contributed by atoms with van der Waals surface area (Å²) >= 11 is 0. The van der Waals surface area contributed by atoms with Crippen molar-refractivity contribution < 1.29 is 18.3 Å². The number of ether oxygens (including phenoxy) is 1. The lowest BCUT2D eigenvalue weighted by Crippen LogP contribution is -2.07. The monoisotopic (exact) mass is 458 g/mol. The van der Waals surface area contributed by atoms with E-state index in [-0.39, 0.29) is 34.4 Å². The molecule has 0 radical (unpaired) electrons. The van der Waals surface area contributed by atoms with Crippen molar-refractivity contribution in [3.05, 3.63) is 101 Å². The number of para-hydroxylation sites is 1. The molecule has 0 saturated heterocycles. The molecule has 34 heavy (non-hydrogen) atoms. The van der Waals surface area contributed by atoms with E-state index in [2.05, 4.69) is 10.1 Å². The van der Waals surface area contributed by atoms with Gasteiger partial charge in [0, 0.05) is 10.9 Å². The number of nitrogens with one attached hydrogen (secondary N) is 1. The van der Waals surface area contributed by atoms with Crippen LogP contribution >= 0.6 is 0 Å². The Kier molecular flexibility index (Phi) is 5.13. The van der Waals surface area contributed by atoms with Crippen LogP contribution < -0.4 is 10.5 Å². The third kappa shape index (κ3) is 3.69. The van der Waals surface area contributed by atoms with E-state index in [1.54, 1.807) is 55.5 Å². The lowest BCUT2D eigenvalue weighted by atomic mass is 10.1. The normalized spacial score (nSPS) is 11.2. The number of fused-ring (bicyclic) bond motifs is 1. The van der Waals surface area contributed by atoms with Crippen LogP contribution in [0.3, 0.4) is 0 Å². The van der Waals surface area contributed by atoms with Crippen LogP contribution in [0.5, 0.6) is 11.5 Å². The molecule has 0 spiro atoms. The highest BCUT2D eigenvalue weighted by atomic mass is 19.1. The van der Waals surface area contributed by atoms with Gasteiger partial charge in [-0.05, 0) is 73.5 Å². The Morgan fingerprint density at radius 1 is 0.971 bits per heavy atom. The van der Waals surface area contributed by atoms with Crippen LogP contribution in [0.15, 0.2) is 66.9 Å². The minimum Gasteiger partial charge on any atom is -0.454 e. The molecule has 0 fully saturated rings. The molecule has 6 nitrogen and oxygen atoms in total. The van der Waals surface area contributed by atoms with Gasteiger partial charge in [-0.15, -0.1) is 0 Å². The van der Waals surface area contributed by atoms with Crippen LogP contribution in [-0.2, 0) is 0 Å². The number of hydrogen-bond acceptors (Lipinski definition) is 4. The van der Waals surface area contributed by atoms with Crippen LogP contribution in [0.25, 0.3) is 16.6 Å². The number of halogens is 2. The number of ketones is 1. The molecule has 5 aromatic rings. The molecule has 3 aromatic carbocycles. The largest absolute Gasteiger partial charge is 0.454 e. The fraction of sp³-hybridized carbons (Fsp3) is 0.0769. The molecule has 0 amide bonds. The molecular formula is C26H20F2N4O2. The topological polar surface area (TPSA) is 85.9 Å². The zero-order chi connectivity index (χ0) is 24.0. The summed E-state index contributed by atoms with van der Waals surface area (Å²) in [5, 5.41) is 5.01. The van der Waals surface area contributed by atoms with Gasteiger partial charge in [0.1, 0.15) is 17.4 Å². The second-order valence-electron chi connectivity index (χ2n) is 8.04. The van der Waals surface area contributed by atoms with E-state index in [0.29, 0.717) is 22.5 Å². The van der Waals surface area contributed by atoms with E-state index in [1.807, 2.05) is 6.92 Å². The van der Waals surface area contributed by atoms with Crippen LogP contribution in [0.4, 0.5) is 14.6 Å². The number of nitrogens with zero attached hydrogens (tertiary/aromatic N) is 2. The molecule has 0 aliphatic heterocycles.